The van der Waals surface area contributed by atoms with E-state index in [2.05, 4.69) is 15.3 Å². The van der Waals surface area contributed by atoms with Crippen molar-refractivity contribution in [2.45, 2.75) is 12.1 Å². The molecule has 4 aromatic rings. The molecule has 0 aliphatic carbocycles. The summed E-state index contributed by atoms with van der Waals surface area (Å²) in [5, 5.41) is 5.72. The second-order valence-electron chi connectivity index (χ2n) is 6.97. The molecule has 0 fully saturated rings. The van der Waals surface area contributed by atoms with Crippen molar-refractivity contribution in [2.75, 3.05) is 25.3 Å². The van der Waals surface area contributed by atoms with Gasteiger partial charge in [0.15, 0.2) is 16.7 Å². The maximum Gasteiger partial charge on any atom is 0.260 e. The van der Waals surface area contributed by atoms with E-state index in [4.69, 9.17) is 9.47 Å². The number of carbonyl (C=O) groups excluding carboxylic acids is 1. The topological polar surface area (TPSA) is 93.3 Å². The van der Waals surface area contributed by atoms with Crippen molar-refractivity contribution in [3.05, 3.63) is 63.8 Å². The molecule has 1 amide bonds. The SMILES string of the molecule is COc1ccc(NC(=O)CSc2nc3scc(-c4ccc(C)cc4)c3c(=O)[nH]2)cc1OC. The molecule has 2 N–H and O–H groups in total. The predicted octanol–water partition coefficient (Wildman–Crippen LogP) is 4.71. The van der Waals surface area contributed by atoms with Crippen molar-refractivity contribution in [1.82, 2.24) is 9.97 Å². The lowest BCUT2D eigenvalue weighted by atomic mass is 10.1. The van der Waals surface area contributed by atoms with Gasteiger partial charge in [0.1, 0.15) is 4.83 Å². The summed E-state index contributed by atoms with van der Waals surface area (Å²) in [4.78, 5) is 33.1. The average molecular weight is 468 g/mol. The zero-order valence-corrected chi connectivity index (χ0v) is 19.4. The molecule has 7 nitrogen and oxygen atoms in total. The fraction of sp³-hybridized carbons (Fsp3) is 0.174. The van der Waals surface area contributed by atoms with Crippen LogP contribution < -0.4 is 20.3 Å². The highest BCUT2D eigenvalue weighted by Crippen LogP contribution is 2.32. The number of thioether (sulfide) groups is 1. The Labute approximate surface area is 192 Å². The summed E-state index contributed by atoms with van der Waals surface area (Å²) in [6.45, 7) is 2.02. The van der Waals surface area contributed by atoms with E-state index in [0.717, 1.165) is 16.7 Å². The van der Waals surface area contributed by atoms with Gasteiger partial charge in [0, 0.05) is 22.7 Å². The number of thiophene rings is 1. The Morgan fingerprint density at radius 3 is 2.59 bits per heavy atom. The monoisotopic (exact) mass is 467 g/mol. The zero-order valence-electron chi connectivity index (χ0n) is 17.7. The van der Waals surface area contributed by atoms with Crippen LogP contribution in [0, 0.1) is 6.92 Å². The molecule has 0 saturated heterocycles. The van der Waals surface area contributed by atoms with Crippen molar-refractivity contribution in [2.24, 2.45) is 0 Å². The summed E-state index contributed by atoms with van der Waals surface area (Å²) >= 11 is 2.59. The van der Waals surface area contributed by atoms with E-state index in [9.17, 15) is 9.59 Å². The number of fused-ring (bicyclic) bond motifs is 1. The first-order chi connectivity index (χ1) is 15.5. The normalized spacial score (nSPS) is 10.8. The quantitative estimate of drug-likeness (QED) is 0.302. The second-order valence-corrected chi connectivity index (χ2v) is 8.80. The molecule has 0 saturated carbocycles. The summed E-state index contributed by atoms with van der Waals surface area (Å²) in [6.07, 6.45) is 0. The highest BCUT2D eigenvalue weighted by atomic mass is 32.2. The number of anilines is 1. The van der Waals surface area contributed by atoms with Crippen LogP contribution in [0.25, 0.3) is 21.3 Å². The molecule has 2 aromatic heterocycles. The summed E-state index contributed by atoms with van der Waals surface area (Å²) in [5.41, 5.74) is 3.37. The summed E-state index contributed by atoms with van der Waals surface area (Å²) in [7, 11) is 3.08. The molecule has 2 aromatic carbocycles. The van der Waals surface area contributed by atoms with Gasteiger partial charge in [-0.15, -0.1) is 11.3 Å². The third-order valence-electron chi connectivity index (χ3n) is 4.79. The smallest absolute Gasteiger partial charge is 0.260 e. The molecule has 9 heteroatoms. The van der Waals surface area contributed by atoms with Crippen LogP contribution in [0.4, 0.5) is 5.69 Å². The third kappa shape index (κ3) is 4.63. The van der Waals surface area contributed by atoms with Gasteiger partial charge in [-0.3, -0.25) is 9.59 Å². The average Bonchev–Trinajstić information content (AvgIpc) is 3.22. The highest BCUT2D eigenvalue weighted by molar-refractivity contribution is 7.99. The lowest BCUT2D eigenvalue weighted by Crippen LogP contribution is -2.15. The number of nitrogens with one attached hydrogen (secondary N) is 2. The number of aryl methyl sites for hydroxylation is 1. The summed E-state index contributed by atoms with van der Waals surface area (Å²) in [6, 6.07) is 13.2. The molecule has 2 heterocycles. The molecule has 0 aliphatic heterocycles. The van der Waals surface area contributed by atoms with Crippen molar-refractivity contribution in [3.8, 4) is 22.6 Å². The molecule has 0 aliphatic rings. The van der Waals surface area contributed by atoms with Gasteiger partial charge < -0.3 is 19.8 Å². The number of hydrogen-bond acceptors (Lipinski definition) is 7. The molecule has 32 heavy (non-hydrogen) atoms. The van der Waals surface area contributed by atoms with Crippen LogP contribution in [0.5, 0.6) is 11.5 Å². The van der Waals surface area contributed by atoms with E-state index in [1.54, 1.807) is 25.3 Å². The first-order valence-electron chi connectivity index (χ1n) is 9.71. The molecule has 0 radical (unpaired) electrons. The van der Waals surface area contributed by atoms with Gasteiger partial charge in [-0.05, 0) is 24.6 Å². The standard InChI is InChI=1S/C23H21N3O4S2/c1-13-4-6-14(7-5-13)16-11-31-22-20(16)21(28)25-23(26-22)32-12-19(27)24-15-8-9-17(29-2)18(10-15)30-3/h4-11H,12H2,1-3H3,(H,24,27)(H,25,26,28). The van der Waals surface area contributed by atoms with Gasteiger partial charge in [0.2, 0.25) is 5.91 Å². The van der Waals surface area contributed by atoms with Crippen LogP contribution in [0.2, 0.25) is 0 Å². The van der Waals surface area contributed by atoms with Gasteiger partial charge in [0.25, 0.3) is 5.56 Å². The number of methoxy groups -OCH3 is 2. The first-order valence-corrected chi connectivity index (χ1v) is 11.6. The van der Waals surface area contributed by atoms with Crippen molar-refractivity contribution >= 4 is 44.9 Å². The van der Waals surface area contributed by atoms with E-state index < -0.39 is 0 Å². The van der Waals surface area contributed by atoms with Crippen LogP contribution >= 0.6 is 23.1 Å². The van der Waals surface area contributed by atoms with E-state index in [1.807, 2.05) is 36.6 Å². The highest BCUT2D eigenvalue weighted by Gasteiger charge is 2.14. The number of H-pyrrole nitrogens is 1. The fourth-order valence-corrected chi connectivity index (χ4v) is 4.85. The number of aromatic amines is 1. The fourth-order valence-electron chi connectivity index (χ4n) is 3.19. The maximum atomic E-state index is 12.8. The van der Waals surface area contributed by atoms with E-state index in [-0.39, 0.29) is 17.2 Å². The zero-order chi connectivity index (χ0) is 22.7. The van der Waals surface area contributed by atoms with Crippen LogP contribution in [0.3, 0.4) is 0 Å². The van der Waals surface area contributed by atoms with Crippen molar-refractivity contribution < 1.29 is 14.3 Å². The maximum absolute atomic E-state index is 12.8. The Hall–Kier alpha value is -3.30. The second kappa shape index (κ2) is 9.46. The minimum Gasteiger partial charge on any atom is -0.493 e. The Morgan fingerprint density at radius 2 is 1.88 bits per heavy atom. The molecule has 0 unspecified atom stereocenters. The lowest BCUT2D eigenvalue weighted by Gasteiger charge is -2.10. The van der Waals surface area contributed by atoms with Gasteiger partial charge in [0.05, 0.1) is 25.4 Å². The van der Waals surface area contributed by atoms with Gasteiger partial charge in [-0.1, -0.05) is 41.6 Å². The number of aromatic nitrogens is 2. The number of nitrogens with zero attached hydrogens (tertiary/aromatic N) is 1. The number of amides is 1. The Kier molecular flexibility index (Phi) is 6.48. The number of hydrogen-bond donors (Lipinski definition) is 2. The van der Waals surface area contributed by atoms with E-state index in [0.29, 0.717) is 32.6 Å². The number of benzene rings is 2. The number of rotatable bonds is 7. The van der Waals surface area contributed by atoms with Gasteiger partial charge in [-0.25, -0.2) is 4.98 Å². The van der Waals surface area contributed by atoms with Gasteiger partial charge >= 0.3 is 0 Å². The molecule has 0 bridgehead atoms. The molecular formula is C23H21N3O4S2. The Morgan fingerprint density at radius 1 is 1.12 bits per heavy atom. The molecular weight excluding hydrogens is 446 g/mol. The lowest BCUT2D eigenvalue weighted by molar-refractivity contribution is -0.113. The number of carbonyl (C=O) groups is 1. The van der Waals surface area contributed by atoms with Crippen molar-refractivity contribution in [3.63, 3.8) is 0 Å². The Bertz CT molecular complexity index is 1330. The summed E-state index contributed by atoms with van der Waals surface area (Å²) in [5.74, 6) is 0.975. The third-order valence-corrected chi connectivity index (χ3v) is 6.54. The van der Waals surface area contributed by atoms with E-state index >= 15 is 0 Å². The molecule has 164 valence electrons. The van der Waals surface area contributed by atoms with E-state index in [1.165, 1.54) is 30.2 Å². The van der Waals surface area contributed by atoms with Crippen molar-refractivity contribution in [1.29, 1.82) is 0 Å². The van der Waals surface area contributed by atoms with Crippen LogP contribution in [0.15, 0.2) is 57.8 Å². The minimum absolute atomic E-state index is 0.0962. The number of ether oxygens (including phenoxy) is 2. The van der Waals surface area contributed by atoms with Gasteiger partial charge in [-0.2, -0.15) is 0 Å². The minimum atomic E-state index is -0.225. The molecule has 0 spiro atoms. The molecule has 4 rings (SSSR count). The van der Waals surface area contributed by atoms with Crippen LogP contribution in [-0.4, -0.2) is 35.8 Å². The predicted molar refractivity (Wildman–Crippen MR) is 129 cm³/mol. The largest absolute Gasteiger partial charge is 0.493 e. The van der Waals surface area contributed by atoms with Crippen LogP contribution in [0.1, 0.15) is 5.56 Å². The first kappa shape index (κ1) is 21.9. The Balaban J connectivity index is 1.47. The summed E-state index contributed by atoms with van der Waals surface area (Å²) < 4.78 is 10.5. The van der Waals surface area contributed by atoms with Crippen LogP contribution in [-0.2, 0) is 4.79 Å². The molecule has 0 atom stereocenters.